The SMILES string of the molecule is NS(=O)(=O)c1ccc(-c2nc(-c3ccc(O)c(O)c3)cs2)cc1. The van der Waals surface area contributed by atoms with E-state index in [1.165, 1.54) is 35.6 Å². The number of benzene rings is 2. The Kier molecular flexibility index (Phi) is 3.80. The second-order valence-electron chi connectivity index (χ2n) is 4.81. The van der Waals surface area contributed by atoms with Crippen LogP contribution in [0.4, 0.5) is 0 Å². The van der Waals surface area contributed by atoms with Crippen molar-refractivity contribution in [1.82, 2.24) is 4.98 Å². The number of aromatic hydroxyl groups is 2. The normalized spacial score (nSPS) is 11.5. The fourth-order valence-electron chi connectivity index (χ4n) is 2.01. The lowest BCUT2D eigenvalue weighted by atomic mass is 10.1. The van der Waals surface area contributed by atoms with Crippen LogP contribution in [0.15, 0.2) is 52.7 Å². The van der Waals surface area contributed by atoms with E-state index in [0.29, 0.717) is 16.3 Å². The fourth-order valence-corrected chi connectivity index (χ4v) is 3.36. The average molecular weight is 348 g/mol. The number of phenolic OH excluding ortho intramolecular Hbond substituents is 2. The molecule has 23 heavy (non-hydrogen) atoms. The Balaban J connectivity index is 1.94. The molecule has 0 fully saturated rings. The standard InChI is InChI=1S/C15H12N2O4S2/c16-23(20,21)11-4-1-9(2-5-11)15-17-12(8-22-15)10-3-6-13(18)14(19)7-10/h1-8,18-19H,(H2,16,20,21). The Morgan fingerprint density at radius 2 is 1.61 bits per heavy atom. The Hall–Kier alpha value is -2.42. The summed E-state index contributed by atoms with van der Waals surface area (Å²) in [6, 6.07) is 10.6. The van der Waals surface area contributed by atoms with Crippen LogP contribution in [0.25, 0.3) is 21.8 Å². The van der Waals surface area contributed by atoms with Gasteiger partial charge in [-0.25, -0.2) is 18.5 Å². The molecule has 0 aliphatic carbocycles. The molecule has 0 radical (unpaired) electrons. The number of hydrogen-bond donors (Lipinski definition) is 3. The lowest BCUT2D eigenvalue weighted by Crippen LogP contribution is -2.11. The zero-order valence-electron chi connectivity index (χ0n) is 11.7. The number of aromatic nitrogens is 1. The van der Waals surface area contributed by atoms with Crippen molar-refractivity contribution < 1.29 is 18.6 Å². The van der Waals surface area contributed by atoms with E-state index in [9.17, 15) is 18.6 Å². The molecule has 0 aliphatic heterocycles. The van der Waals surface area contributed by atoms with E-state index in [0.717, 1.165) is 5.56 Å². The van der Waals surface area contributed by atoms with Crippen molar-refractivity contribution in [2.75, 3.05) is 0 Å². The van der Waals surface area contributed by atoms with Gasteiger partial charge < -0.3 is 10.2 Å². The van der Waals surface area contributed by atoms with Crippen LogP contribution < -0.4 is 5.14 Å². The minimum atomic E-state index is -3.72. The van der Waals surface area contributed by atoms with E-state index in [2.05, 4.69) is 4.98 Å². The first kappa shape index (κ1) is 15.5. The summed E-state index contributed by atoms with van der Waals surface area (Å²) in [7, 11) is -3.72. The molecule has 1 aromatic heterocycles. The van der Waals surface area contributed by atoms with Crippen LogP contribution in [-0.4, -0.2) is 23.6 Å². The van der Waals surface area contributed by atoms with Crippen molar-refractivity contribution in [2.45, 2.75) is 4.90 Å². The van der Waals surface area contributed by atoms with E-state index >= 15 is 0 Å². The molecule has 0 unspecified atom stereocenters. The van der Waals surface area contributed by atoms with E-state index in [4.69, 9.17) is 5.14 Å². The van der Waals surface area contributed by atoms with Crippen molar-refractivity contribution in [2.24, 2.45) is 5.14 Å². The van der Waals surface area contributed by atoms with Crippen molar-refractivity contribution in [3.05, 3.63) is 47.8 Å². The number of sulfonamides is 1. The van der Waals surface area contributed by atoms with Gasteiger partial charge >= 0.3 is 0 Å². The molecule has 118 valence electrons. The molecular formula is C15H12N2O4S2. The highest BCUT2D eigenvalue weighted by Crippen LogP contribution is 2.33. The topological polar surface area (TPSA) is 114 Å². The van der Waals surface area contributed by atoms with Crippen LogP contribution in [-0.2, 0) is 10.0 Å². The third-order valence-corrected chi connectivity index (χ3v) is 5.03. The van der Waals surface area contributed by atoms with Gasteiger partial charge in [-0.3, -0.25) is 0 Å². The zero-order valence-corrected chi connectivity index (χ0v) is 13.3. The van der Waals surface area contributed by atoms with E-state index in [1.54, 1.807) is 18.2 Å². The van der Waals surface area contributed by atoms with Crippen molar-refractivity contribution >= 4 is 21.4 Å². The smallest absolute Gasteiger partial charge is 0.238 e. The Morgan fingerprint density at radius 1 is 0.957 bits per heavy atom. The number of primary sulfonamides is 1. The maximum absolute atomic E-state index is 11.2. The predicted octanol–water partition coefficient (Wildman–Crippen LogP) is 2.54. The number of thiazole rings is 1. The monoisotopic (exact) mass is 348 g/mol. The lowest BCUT2D eigenvalue weighted by molar-refractivity contribution is 0.404. The highest BCUT2D eigenvalue weighted by molar-refractivity contribution is 7.89. The highest BCUT2D eigenvalue weighted by atomic mass is 32.2. The quantitative estimate of drug-likeness (QED) is 0.629. The maximum Gasteiger partial charge on any atom is 0.238 e. The zero-order chi connectivity index (χ0) is 16.6. The molecule has 0 aliphatic rings. The number of nitrogens with zero attached hydrogens (tertiary/aromatic N) is 1. The van der Waals surface area contributed by atoms with Gasteiger partial charge in [-0.2, -0.15) is 0 Å². The molecule has 3 rings (SSSR count). The summed E-state index contributed by atoms with van der Waals surface area (Å²) in [5.41, 5.74) is 2.08. The Morgan fingerprint density at radius 3 is 2.22 bits per heavy atom. The van der Waals surface area contributed by atoms with Gasteiger partial charge in [0.2, 0.25) is 10.0 Å². The first-order valence-corrected chi connectivity index (χ1v) is 8.88. The van der Waals surface area contributed by atoms with E-state index < -0.39 is 10.0 Å². The minimum Gasteiger partial charge on any atom is -0.504 e. The molecule has 0 saturated carbocycles. The largest absolute Gasteiger partial charge is 0.504 e. The van der Waals surface area contributed by atoms with E-state index in [-0.39, 0.29) is 16.4 Å². The summed E-state index contributed by atoms with van der Waals surface area (Å²) in [4.78, 5) is 4.50. The third kappa shape index (κ3) is 3.19. The van der Waals surface area contributed by atoms with Gasteiger partial charge in [-0.05, 0) is 30.3 Å². The molecule has 1 heterocycles. The van der Waals surface area contributed by atoms with Gasteiger partial charge in [-0.15, -0.1) is 11.3 Å². The van der Waals surface area contributed by atoms with Gasteiger partial charge in [-0.1, -0.05) is 12.1 Å². The Labute approximate surface area is 136 Å². The molecular weight excluding hydrogens is 336 g/mol. The van der Waals surface area contributed by atoms with E-state index in [1.807, 2.05) is 5.38 Å². The second kappa shape index (κ2) is 5.65. The number of phenols is 2. The van der Waals surface area contributed by atoms with Crippen LogP contribution in [0.1, 0.15) is 0 Å². The van der Waals surface area contributed by atoms with Crippen LogP contribution in [0, 0.1) is 0 Å². The van der Waals surface area contributed by atoms with Crippen LogP contribution >= 0.6 is 11.3 Å². The first-order chi connectivity index (χ1) is 10.8. The number of hydrogen-bond acceptors (Lipinski definition) is 6. The van der Waals surface area contributed by atoms with Gasteiger partial charge in [0.15, 0.2) is 11.5 Å². The van der Waals surface area contributed by atoms with Gasteiger partial charge in [0, 0.05) is 16.5 Å². The number of nitrogens with two attached hydrogens (primary N) is 1. The molecule has 6 nitrogen and oxygen atoms in total. The van der Waals surface area contributed by atoms with Crippen LogP contribution in [0.3, 0.4) is 0 Å². The summed E-state index contributed by atoms with van der Waals surface area (Å²) in [5, 5.41) is 26.5. The maximum atomic E-state index is 11.2. The summed E-state index contributed by atoms with van der Waals surface area (Å²) >= 11 is 1.38. The molecule has 4 N–H and O–H groups in total. The summed E-state index contributed by atoms with van der Waals surface area (Å²) in [6.45, 7) is 0. The van der Waals surface area contributed by atoms with Gasteiger partial charge in [0.1, 0.15) is 5.01 Å². The lowest BCUT2D eigenvalue weighted by Gasteiger charge is -2.01. The summed E-state index contributed by atoms with van der Waals surface area (Å²) in [5.74, 6) is -0.405. The number of rotatable bonds is 3. The Bertz CT molecular complexity index is 963. The second-order valence-corrected chi connectivity index (χ2v) is 7.23. The molecule has 0 spiro atoms. The minimum absolute atomic E-state index is 0.0430. The molecule has 0 amide bonds. The van der Waals surface area contributed by atoms with Gasteiger partial charge in [0.25, 0.3) is 0 Å². The first-order valence-electron chi connectivity index (χ1n) is 6.46. The van der Waals surface area contributed by atoms with Gasteiger partial charge in [0.05, 0.1) is 10.6 Å². The molecule has 0 bridgehead atoms. The predicted molar refractivity (Wildman–Crippen MR) is 87.7 cm³/mol. The highest BCUT2D eigenvalue weighted by Gasteiger charge is 2.11. The third-order valence-electron chi connectivity index (χ3n) is 3.21. The molecule has 0 saturated heterocycles. The molecule has 0 atom stereocenters. The van der Waals surface area contributed by atoms with Crippen molar-refractivity contribution in [3.63, 3.8) is 0 Å². The van der Waals surface area contributed by atoms with Crippen LogP contribution in [0.5, 0.6) is 11.5 Å². The summed E-state index contributed by atoms with van der Waals surface area (Å²) < 4.78 is 22.5. The molecule has 8 heteroatoms. The summed E-state index contributed by atoms with van der Waals surface area (Å²) in [6.07, 6.45) is 0. The molecule has 3 aromatic rings. The molecule has 2 aromatic carbocycles. The fraction of sp³-hybridized carbons (Fsp3) is 0. The van der Waals surface area contributed by atoms with Crippen LogP contribution in [0.2, 0.25) is 0 Å². The average Bonchev–Trinajstić information content (AvgIpc) is 2.99. The van der Waals surface area contributed by atoms with Crippen molar-refractivity contribution in [3.8, 4) is 33.3 Å². The van der Waals surface area contributed by atoms with Crippen molar-refractivity contribution in [1.29, 1.82) is 0 Å².